The Morgan fingerprint density at radius 2 is 1.91 bits per heavy atom. The van der Waals surface area contributed by atoms with E-state index in [9.17, 15) is 15.0 Å². The Kier molecular flexibility index (Phi) is 12.4. The van der Waals surface area contributed by atoms with Crippen LogP contribution in [0.15, 0.2) is 42.5 Å². The number of carbonyl (C=O) groups is 1. The minimum Gasteiger partial charge on any atom is -0.461 e. The van der Waals surface area contributed by atoms with Crippen LogP contribution in [0.1, 0.15) is 84.1 Å². The summed E-state index contributed by atoms with van der Waals surface area (Å²) in [6, 6.07) is 9.54. The first kappa shape index (κ1) is 29.4. The number of ether oxygens (including phenoxy) is 1. The number of rotatable bonds is 15. The second kappa shape index (κ2) is 14.7. The van der Waals surface area contributed by atoms with Gasteiger partial charge in [0.25, 0.3) is 5.92 Å². The van der Waals surface area contributed by atoms with E-state index < -0.39 is 24.0 Å². The molecule has 0 spiro atoms. The minimum atomic E-state index is -3.17. The van der Waals surface area contributed by atoms with Crippen LogP contribution in [-0.2, 0) is 16.1 Å². The van der Waals surface area contributed by atoms with Gasteiger partial charge in [-0.2, -0.15) is 0 Å². The van der Waals surface area contributed by atoms with Crippen molar-refractivity contribution in [1.29, 1.82) is 0 Å². The van der Waals surface area contributed by atoms with Crippen LogP contribution >= 0.6 is 0 Å². The number of unbranched alkanes of at least 4 members (excludes halogenated alkanes) is 1. The molecule has 1 aromatic rings. The lowest BCUT2D eigenvalue weighted by Gasteiger charge is -2.38. The van der Waals surface area contributed by atoms with E-state index in [0.29, 0.717) is 51.4 Å². The molecule has 2 unspecified atom stereocenters. The zero-order valence-electron chi connectivity index (χ0n) is 21.5. The molecule has 5 atom stereocenters. The van der Waals surface area contributed by atoms with Gasteiger partial charge in [-0.15, -0.1) is 0 Å². The highest BCUT2D eigenvalue weighted by molar-refractivity contribution is 5.69. The number of hydrogen-bond acceptors (Lipinski definition) is 4. The molecule has 6 heteroatoms. The molecular weight excluding hydrogens is 450 g/mol. The lowest BCUT2D eigenvalue weighted by atomic mass is 9.73. The lowest BCUT2D eigenvalue weighted by molar-refractivity contribution is -0.172. The van der Waals surface area contributed by atoms with Crippen LogP contribution in [-0.4, -0.2) is 34.3 Å². The first-order chi connectivity index (χ1) is 16.7. The Morgan fingerprint density at radius 3 is 2.57 bits per heavy atom. The smallest absolute Gasteiger partial charge is 0.306 e. The number of benzene rings is 1. The molecule has 1 aromatic carbocycles. The number of esters is 1. The number of aliphatic hydroxyl groups excluding tert-OH is 2. The summed E-state index contributed by atoms with van der Waals surface area (Å²) in [5.41, 5.74) is 0.953. The molecule has 0 heterocycles. The number of alkyl halides is 2. The molecule has 0 radical (unpaired) electrons. The van der Waals surface area contributed by atoms with Gasteiger partial charge in [0, 0.05) is 12.3 Å². The third-order valence-electron chi connectivity index (χ3n) is 7.15. The topological polar surface area (TPSA) is 66.8 Å². The molecule has 198 valence electrons. The van der Waals surface area contributed by atoms with E-state index in [0.717, 1.165) is 5.56 Å². The first-order valence-electron chi connectivity index (χ1n) is 13.2. The fourth-order valence-electron chi connectivity index (χ4n) is 5.29. The van der Waals surface area contributed by atoms with Crippen LogP contribution in [0.2, 0.25) is 0 Å². The third kappa shape index (κ3) is 9.30. The summed E-state index contributed by atoms with van der Waals surface area (Å²) in [5, 5.41) is 20.8. The first-order valence-corrected chi connectivity index (χ1v) is 13.2. The summed E-state index contributed by atoms with van der Waals surface area (Å²) in [7, 11) is 0. The van der Waals surface area contributed by atoms with Gasteiger partial charge in [-0.05, 0) is 68.3 Å². The minimum absolute atomic E-state index is 0.0786. The second-order valence-corrected chi connectivity index (χ2v) is 10.4. The predicted octanol–water partition coefficient (Wildman–Crippen LogP) is 6.69. The average molecular weight is 495 g/mol. The Morgan fingerprint density at radius 1 is 1.20 bits per heavy atom. The lowest BCUT2D eigenvalue weighted by Crippen LogP contribution is -2.46. The van der Waals surface area contributed by atoms with Gasteiger partial charge >= 0.3 is 5.97 Å². The molecule has 0 amide bonds. The van der Waals surface area contributed by atoms with Crippen molar-refractivity contribution in [2.75, 3.05) is 0 Å². The van der Waals surface area contributed by atoms with Crippen molar-refractivity contribution in [1.82, 2.24) is 0 Å². The summed E-state index contributed by atoms with van der Waals surface area (Å²) in [5.74, 6) is -4.85. The fraction of sp³-hybridized carbons (Fsp3) is 0.690. The molecular formula is C29H44F2O4. The highest BCUT2D eigenvalue weighted by Gasteiger charge is 2.53. The van der Waals surface area contributed by atoms with Gasteiger partial charge in [0.2, 0.25) is 0 Å². The number of aliphatic hydroxyl groups is 2. The number of allylic oxidation sites excluding steroid dienone is 2. The molecule has 35 heavy (non-hydrogen) atoms. The second-order valence-electron chi connectivity index (χ2n) is 10.4. The highest BCUT2D eigenvalue weighted by Crippen LogP contribution is 2.49. The maximum atomic E-state index is 15.3. The third-order valence-corrected chi connectivity index (χ3v) is 7.15. The van der Waals surface area contributed by atoms with Crippen molar-refractivity contribution in [3.63, 3.8) is 0 Å². The molecule has 1 aliphatic carbocycles. The summed E-state index contributed by atoms with van der Waals surface area (Å²) < 4.78 is 35.9. The van der Waals surface area contributed by atoms with Crippen LogP contribution in [0.4, 0.5) is 8.78 Å². The Labute approximate surface area is 209 Å². The number of halogens is 2. The van der Waals surface area contributed by atoms with Crippen molar-refractivity contribution in [2.24, 2.45) is 23.7 Å². The highest BCUT2D eigenvalue weighted by atomic mass is 19.3. The summed E-state index contributed by atoms with van der Waals surface area (Å²) in [6.45, 7) is 5.93. The van der Waals surface area contributed by atoms with E-state index in [1.165, 1.54) is 0 Å². The van der Waals surface area contributed by atoms with E-state index in [1.54, 1.807) is 6.92 Å². The van der Waals surface area contributed by atoms with E-state index >= 15 is 8.78 Å². The number of carbonyl (C=O) groups excluding carboxylic acids is 1. The largest absolute Gasteiger partial charge is 0.461 e. The van der Waals surface area contributed by atoms with E-state index in [2.05, 4.69) is 0 Å². The van der Waals surface area contributed by atoms with Crippen molar-refractivity contribution in [3.8, 4) is 0 Å². The molecule has 0 saturated heterocycles. The van der Waals surface area contributed by atoms with Crippen LogP contribution in [0.3, 0.4) is 0 Å². The van der Waals surface area contributed by atoms with E-state index in [4.69, 9.17) is 4.74 Å². The Hall–Kier alpha value is -1.79. The number of hydrogen-bond donors (Lipinski definition) is 2. The molecule has 1 saturated carbocycles. The predicted molar refractivity (Wildman–Crippen MR) is 135 cm³/mol. The zero-order valence-corrected chi connectivity index (χ0v) is 21.5. The molecule has 0 aromatic heterocycles. The molecule has 2 rings (SSSR count). The van der Waals surface area contributed by atoms with Crippen molar-refractivity contribution in [3.05, 3.63) is 48.0 Å². The standard InChI is InChI=1S/C29H44F2O4/c1-4-12-27(33)29(30,31)25(19-21(2)3)23-17-18-26(32)24(23)15-10-5-6-11-16-28(34)35-20-22-13-8-7-9-14-22/h5,7-10,13-14,21,23-27,32-33H,4,6,11-12,15-20H2,1-3H3/b10-5-/t23-,24-,25?,26+,27?/m1/s1. The van der Waals surface area contributed by atoms with Crippen LogP contribution < -0.4 is 0 Å². The van der Waals surface area contributed by atoms with E-state index in [1.807, 2.05) is 56.3 Å². The normalized spacial score (nSPS) is 22.6. The van der Waals surface area contributed by atoms with E-state index in [-0.39, 0.29) is 36.8 Å². The van der Waals surface area contributed by atoms with Crippen molar-refractivity contribution >= 4 is 5.97 Å². The van der Waals surface area contributed by atoms with Crippen LogP contribution in [0.25, 0.3) is 0 Å². The maximum absolute atomic E-state index is 15.3. The van der Waals surface area contributed by atoms with Crippen molar-refractivity contribution in [2.45, 2.75) is 103 Å². The molecule has 1 aliphatic rings. The van der Waals surface area contributed by atoms with Gasteiger partial charge in [0.05, 0.1) is 6.10 Å². The molecule has 1 fully saturated rings. The SMILES string of the molecule is CCCC(O)C(F)(F)C(CC(C)C)[C@@H]1CC[C@H](O)[C@@H]1C/C=C\CCCC(=O)OCc1ccccc1. The molecule has 0 aliphatic heterocycles. The summed E-state index contributed by atoms with van der Waals surface area (Å²) >= 11 is 0. The summed E-state index contributed by atoms with van der Waals surface area (Å²) in [6.07, 6.45) is 5.84. The summed E-state index contributed by atoms with van der Waals surface area (Å²) in [4.78, 5) is 11.9. The molecule has 4 nitrogen and oxygen atoms in total. The maximum Gasteiger partial charge on any atom is 0.306 e. The van der Waals surface area contributed by atoms with Gasteiger partial charge in [0.15, 0.2) is 0 Å². The van der Waals surface area contributed by atoms with Crippen molar-refractivity contribution < 1.29 is 28.5 Å². The Bertz CT molecular complexity index is 765. The van der Waals surface area contributed by atoms with Gasteiger partial charge in [-0.1, -0.05) is 69.7 Å². The molecule has 0 bridgehead atoms. The van der Waals surface area contributed by atoms with Gasteiger partial charge in [-0.3, -0.25) is 4.79 Å². The fourth-order valence-corrected chi connectivity index (χ4v) is 5.29. The zero-order chi connectivity index (χ0) is 25.8. The monoisotopic (exact) mass is 494 g/mol. The van der Waals surface area contributed by atoms with Crippen LogP contribution in [0.5, 0.6) is 0 Å². The van der Waals surface area contributed by atoms with Crippen LogP contribution in [0, 0.1) is 23.7 Å². The quantitative estimate of drug-likeness (QED) is 0.162. The Balaban J connectivity index is 1.86. The van der Waals surface area contributed by atoms with Gasteiger partial charge < -0.3 is 14.9 Å². The average Bonchev–Trinajstić information content (AvgIpc) is 3.18. The molecule has 2 N–H and O–H groups in total. The van der Waals surface area contributed by atoms with Gasteiger partial charge in [-0.25, -0.2) is 8.78 Å². The van der Waals surface area contributed by atoms with Gasteiger partial charge in [0.1, 0.15) is 12.7 Å².